The molecule has 1 fully saturated rings. The Hall–Kier alpha value is -0.990. The first-order valence-electron chi connectivity index (χ1n) is 2.01. The molecule has 0 aromatic carbocycles. The third-order valence-corrected chi connectivity index (χ3v) is 0.753. The van der Waals surface area contributed by atoms with Gasteiger partial charge in [-0.3, -0.25) is 4.79 Å². The quantitative estimate of drug-likeness (QED) is 0.415. The van der Waals surface area contributed by atoms with E-state index in [1.807, 2.05) is 0 Å². The van der Waals surface area contributed by atoms with Crippen LogP contribution in [0.4, 0.5) is 0 Å². The minimum absolute atomic E-state index is 0.00926. The minimum Gasteiger partial charge on any atom is -0.363 e. The average Bonchev–Trinajstić information content (AvgIpc) is 1.87. The Balaban J connectivity index is 2.55. The van der Waals surface area contributed by atoms with Crippen molar-refractivity contribution in [2.45, 2.75) is 0 Å². The monoisotopic (exact) mass is 98.0 g/mol. The van der Waals surface area contributed by atoms with Crippen LogP contribution in [-0.2, 0) is 4.79 Å². The van der Waals surface area contributed by atoms with Gasteiger partial charge >= 0.3 is 0 Å². The van der Waals surface area contributed by atoms with Crippen molar-refractivity contribution in [3.05, 3.63) is 12.4 Å². The Morgan fingerprint density at radius 3 is 2.57 bits per heavy atom. The van der Waals surface area contributed by atoms with Gasteiger partial charge in [-0.25, -0.2) is 0 Å². The van der Waals surface area contributed by atoms with Gasteiger partial charge in [0.25, 0.3) is 0 Å². The molecule has 0 radical (unpaired) electrons. The summed E-state index contributed by atoms with van der Waals surface area (Å²) in [6.07, 6.45) is 0. The first-order chi connectivity index (χ1) is 3.29. The van der Waals surface area contributed by atoms with Crippen molar-refractivity contribution < 1.29 is 4.79 Å². The first-order valence-corrected chi connectivity index (χ1v) is 2.01. The zero-order valence-electron chi connectivity index (χ0n) is 3.82. The van der Waals surface area contributed by atoms with E-state index in [1.165, 1.54) is 0 Å². The highest BCUT2D eigenvalue weighted by molar-refractivity contribution is 5.82. The van der Waals surface area contributed by atoms with Crippen LogP contribution in [-0.4, -0.2) is 12.5 Å². The van der Waals surface area contributed by atoms with Crippen LogP contribution in [0.1, 0.15) is 0 Å². The molecule has 1 aliphatic rings. The molecule has 0 unspecified atom stereocenters. The Bertz CT molecular complexity index is 105. The molecule has 1 aliphatic heterocycles. The molecule has 0 saturated carbocycles. The largest absolute Gasteiger partial charge is 0.363 e. The van der Waals surface area contributed by atoms with Gasteiger partial charge in [-0.2, -0.15) is 0 Å². The van der Waals surface area contributed by atoms with Crippen molar-refractivity contribution in [2.24, 2.45) is 0 Å². The first kappa shape index (κ1) is 4.18. The van der Waals surface area contributed by atoms with E-state index in [2.05, 4.69) is 17.2 Å². The number of carbonyl (C=O) groups is 1. The van der Waals surface area contributed by atoms with Crippen molar-refractivity contribution in [1.29, 1.82) is 0 Å². The maximum absolute atomic E-state index is 10.2. The summed E-state index contributed by atoms with van der Waals surface area (Å²) in [5.74, 6) is 0.593. The fourth-order valence-corrected chi connectivity index (χ4v) is 0.444. The molecule has 3 nitrogen and oxygen atoms in total. The maximum Gasteiger partial charge on any atom is 0.244 e. The molecule has 1 saturated heterocycles. The van der Waals surface area contributed by atoms with Gasteiger partial charge in [-0.05, 0) is 0 Å². The summed E-state index contributed by atoms with van der Waals surface area (Å²) >= 11 is 0. The highest BCUT2D eigenvalue weighted by atomic mass is 16.2. The van der Waals surface area contributed by atoms with E-state index in [1.54, 1.807) is 0 Å². The third kappa shape index (κ3) is 0.707. The summed E-state index contributed by atoms with van der Waals surface area (Å²) in [6.45, 7) is 3.84. The van der Waals surface area contributed by atoms with Crippen LogP contribution in [0.5, 0.6) is 0 Å². The molecule has 0 spiro atoms. The summed E-state index contributed by atoms with van der Waals surface area (Å²) in [4.78, 5) is 10.2. The average molecular weight is 98.1 g/mol. The maximum atomic E-state index is 10.2. The lowest BCUT2D eigenvalue weighted by atomic mass is 10.7. The van der Waals surface area contributed by atoms with Gasteiger partial charge in [0.05, 0.1) is 12.4 Å². The molecule has 0 aliphatic carbocycles. The summed E-state index contributed by atoms with van der Waals surface area (Å²) in [6, 6.07) is 0. The Morgan fingerprint density at radius 2 is 2.43 bits per heavy atom. The molecule has 1 heterocycles. The van der Waals surface area contributed by atoms with Crippen LogP contribution in [0.2, 0.25) is 0 Å². The molecule has 0 aromatic heterocycles. The van der Waals surface area contributed by atoms with E-state index >= 15 is 0 Å². The van der Waals surface area contributed by atoms with Crippen molar-refractivity contribution in [3.8, 4) is 0 Å². The van der Waals surface area contributed by atoms with Gasteiger partial charge in [0.1, 0.15) is 0 Å². The van der Waals surface area contributed by atoms with Crippen molar-refractivity contribution in [3.63, 3.8) is 0 Å². The summed E-state index contributed by atoms with van der Waals surface area (Å²) in [5, 5.41) is 5.19. The molecule has 2 N–H and O–H groups in total. The van der Waals surface area contributed by atoms with Crippen LogP contribution in [0, 0.1) is 0 Å². The molecular weight excluding hydrogens is 92.1 g/mol. The predicted octanol–water partition coefficient (Wildman–Crippen LogP) is -0.823. The van der Waals surface area contributed by atoms with Gasteiger partial charge in [-0.1, -0.05) is 6.58 Å². The minimum atomic E-state index is -0.00926. The van der Waals surface area contributed by atoms with Gasteiger partial charge in [0.15, 0.2) is 0 Å². The summed E-state index contributed by atoms with van der Waals surface area (Å²) in [7, 11) is 0. The van der Waals surface area contributed by atoms with Gasteiger partial charge in [0, 0.05) is 0 Å². The van der Waals surface area contributed by atoms with Crippen LogP contribution >= 0.6 is 0 Å². The van der Waals surface area contributed by atoms with Crippen LogP contribution in [0.3, 0.4) is 0 Å². The Kier molecular flexibility index (Phi) is 0.749. The molecule has 0 atom stereocenters. The van der Waals surface area contributed by atoms with E-state index in [-0.39, 0.29) is 5.91 Å². The van der Waals surface area contributed by atoms with Crippen LogP contribution in [0.15, 0.2) is 12.4 Å². The Morgan fingerprint density at radius 1 is 1.71 bits per heavy atom. The number of amides is 1. The standard InChI is InChI=1S/C4H6N2O/c1-3-5-2-4(7)6-3/h5H,1-2H2,(H,6,7). The lowest BCUT2D eigenvalue weighted by Gasteiger charge is -1.87. The van der Waals surface area contributed by atoms with E-state index in [4.69, 9.17) is 0 Å². The normalized spacial score (nSPS) is 18.9. The summed E-state index contributed by atoms with van der Waals surface area (Å²) in [5.41, 5.74) is 0. The third-order valence-electron chi connectivity index (χ3n) is 0.753. The van der Waals surface area contributed by atoms with Gasteiger partial charge in [-0.15, -0.1) is 0 Å². The van der Waals surface area contributed by atoms with Crippen LogP contribution in [0.25, 0.3) is 0 Å². The van der Waals surface area contributed by atoms with Crippen LogP contribution < -0.4 is 10.6 Å². The molecule has 1 rings (SSSR count). The van der Waals surface area contributed by atoms with E-state index < -0.39 is 0 Å². The Labute approximate surface area is 41.4 Å². The SMILES string of the molecule is C=C1NCC(=O)N1. The molecule has 38 valence electrons. The molecule has 3 heteroatoms. The fourth-order valence-electron chi connectivity index (χ4n) is 0.444. The second-order valence-electron chi connectivity index (χ2n) is 1.38. The molecule has 1 amide bonds. The smallest absolute Gasteiger partial charge is 0.244 e. The zero-order chi connectivity index (χ0) is 5.28. The summed E-state index contributed by atoms with van der Waals surface area (Å²) < 4.78 is 0. The number of hydrogen-bond donors (Lipinski definition) is 2. The van der Waals surface area contributed by atoms with Crippen molar-refractivity contribution in [2.75, 3.05) is 6.54 Å². The second-order valence-corrected chi connectivity index (χ2v) is 1.38. The van der Waals surface area contributed by atoms with E-state index in [0.29, 0.717) is 12.4 Å². The second kappa shape index (κ2) is 1.26. The molecular formula is C4H6N2O. The number of rotatable bonds is 0. The topological polar surface area (TPSA) is 41.1 Å². The van der Waals surface area contributed by atoms with E-state index in [9.17, 15) is 4.79 Å². The lowest BCUT2D eigenvalue weighted by Crippen LogP contribution is -2.12. The van der Waals surface area contributed by atoms with Crippen molar-refractivity contribution >= 4 is 5.91 Å². The number of hydrogen-bond acceptors (Lipinski definition) is 2. The van der Waals surface area contributed by atoms with Crippen molar-refractivity contribution in [1.82, 2.24) is 10.6 Å². The zero-order valence-corrected chi connectivity index (χ0v) is 3.82. The predicted molar refractivity (Wildman–Crippen MR) is 25.3 cm³/mol. The van der Waals surface area contributed by atoms with Gasteiger partial charge < -0.3 is 10.6 Å². The lowest BCUT2D eigenvalue weighted by molar-refractivity contribution is -0.117. The highest BCUT2D eigenvalue weighted by Gasteiger charge is 2.08. The fraction of sp³-hybridized carbons (Fsp3) is 0.250. The molecule has 0 aromatic rings. The number of nitrogens with one attached hydrogen (secondary N) is 2. The molecule has 7 heavy (non-hydrogen) atoms. The number of carbonyl (C=O) groups excluding carboxylic acids is 1. The van der Waals surface area contributed by atoms with E-state index in [0.717, 1.165) is 0 Å². The highest BCUT2D eigenvalue weighted by Crippen LogP contribution is 1.83. The van der Waals surface area contributed by atoms with Gasteiger partial charge in [0.2, 0.25) is 5.91 Å². The molecule has 0 bridgehead atoms.